The molecular weight excluding hydrogens is 196 g/mol. The summed E-state index contributed by atoms with van der Waals surface area (Å²) in [6.45, 7) is 5.10. The number of pyridine rings is 1. The summed E-state index contributed by atoms with van der Waals surface area (Å²) < 4.78 is 0. The second kappa shape index (κ2) is 4.35. The Morgan fingerprint density at radius 2 is 2.07 bits per heavy atom. The summed E-state index contributed by atoms with van der Waals surface area (Å²) in [5.74, 6) is -0.121. The molecule has 0 aliphatic rings. The van der Waals surface area contributed by atoms with Crippen molar-refractivity contribution < 1.29 is 10.0 Å². The van der Waals surface area contributed by atoms with Gasteiger partial charge in [-0.05, 0) is 19.9 Å². The first-order valence-corrected chi connectivity index (χ1v) is 4.73. The minimum atomic E-state index is -0.515. The third kappa shape index (κ3) is 2.50. The van der Waals surface area contributed by atoms with Crippen molar-refractivity contribution in [2.75, 3.05) is 0 Å². The van der Waals surface area contributed by atoms with Crippen molar-refractivity contribution in [3.05, 3.63) is 33.6 Å². The van der Waals surface area contributed by atoms with E-state index in [1.54, 1.807) is 19.9 Å². The normalized spacial score (nSPS) is 14.7. The van der Waals surface area contributed by atoms with Gasteiger partial charge in [0.2, 0.25) is 0 Å². The maximum atomic E-state index is 10.6. The minimum Gasteiger partial charge on any atom is -0.393 e. The lowest BCUT2D eigenvalue weighted by Gasteiger charge is -2.14. The van der Waals surface area contributed by atoms with E-state index in [0.29, 0.717) is 11.4 Å². The molecular formula is C10H14N2O3. The summed E-state index contributed by atoms with van der Waals surface area (Å²) in [6.07, 6.45) is -0.515. The second-order valence-corrected chi connectivity index (χ2v) is 3.63. The van der Waals surface area contributed by atoms with Crippen molar-refractivity contribution in [2.24, 2.45) is 0 Å². The molecule has 1 aromatic heterocycles. The zero-order chi connectivity index (χ0) is 11.6. The molecule has 15 heavy (non-hydrogen) atoms. The van der Waals surface area contributed by atoms with Gasteiger partial charge in [-0.25, -0.2) is 0 Å². The number of aryl methyl sites for hydroxylation is 1. The first-order chi connectivity index (χ1) is 6.93. The third-order valence-corrected chi connectivity index (χ3v) is 2.47. The maximum Gasteiger partial charge on any atom is 0.290 e. The molecule has 2 atom stereocenters. The molecule has 1 aromatic rings. The zero-order valence-corrected chi connectivity index (χ0v) is 8.97. The summed E-state index contributed by atoms with van der Waals surface area (Å²) in [5.41, 5.74) is 1.06. The van der Waals surface area contributed by atoms with E-state index in [0.717, 1.165) is 0 Å². The highest BCUT2D eigenvalue weighted by molar-refractivity contribution is 5.36. The molecule has 0 spiro atoms. The van der Waals surface area contributed by atoms with E-state index < -0.39 is 11.0 Å². The molecule has 0 saturated carbocycles. The van der Waals surface area contributed by atoms with Gasteiger partial charge in [0.05, 0.1) is 11.0 Å². The Kier molecular flexibility index (Phi) is 3.36. The van der Waals surface area contributed by atoms with Crippen LogP contribution in [-0.2, 0) is 0 Å². The van der Waals surface area contributed by atoms with E-state index in [1.807, 2.05) is 6.92 Å². The highest BCUT2D eigenvalue weighted by atomic mass is 16.6. The van der Waals surface area contributed by atoms with Crippen LogP contribution in [0.2, 0.25) is 0 Å². The minimum absolute atomic E-state index is 0.0107. The summed E-state index contributed by atoms with van der Waals surface area (Å²) >= 11 is 0. The van der Waals surface area contributed by atoms with Crippen molar-refractivity contribution in [1.82, 2.24) is 4.98 Å². The predicted molar refractivity (Wildman–Crippen MR) is 55.7 cm³/mol. The summed E-state index contributed by atoms with van der Waals surface area (Å²) in [5, 5.41) is 19.9. The third-order valence-electron chi connectivity index (χ3n) is 2.47. The van der Waals surface area contributed by atoms with Crippen molar-refractivity contribution in [3.8, 4) is 0 Å². The average Bonchev–Trinajstić information content (AvgIpc) is 2.15. The highest BCUT2D eigenvalue weighted by Gasteiger charge is 2.17. The first kappa shape index (κ1) is 11.6. The van der Waals surface area contributed by atoms with Crippen LogP contribution in [-0.4, -0.2) is 21.1 Å². The van der Waals surface area contributed by atoms with Gasteiger partial charge in [-0.3, -0.25) is 15.1 Å². The number of nitrogens with zero attached hydrogens (tertiary/aromatic N) is 2. The molecule has 0 saturated heterocycles. The summed E-state index contributed by atoms with van der Waals surface area (Å²) in [4.78, 5) is 14.2. The molecule has 1 heterocycles. The van der Waals surface area contributed by atoms with Crippen LogP contribution in [0.5, 0.6) is 0 Å². The van der Waals surface area contributed by atoms with Crippen LogP contribution in [0.3, 0.4) is 0 Å². The lowest BCUT2D eigenvalue weighted by atomic mass is 10.0. The monoisotopic (exact) mass is 210 g/mol. The van der Waals surface area contributed by atoms with Gasteiger partial charge in [0, 0.05) is 17.7 Å². The van der Waals surface area contributed by atoms with Crippen LogP contribution in [0.25, 0.3) is 0 Å². The summed E-state index contributed by atoms with van der Waals surface area (Å²) in [6, 6.07) is 3.01. The van der Waals surface area contributed by atoms with E-state index in [2.05, 4.69) is 4.98 Å². The standard InChI is InChI=1S/C10H14N2O3/c1-6(8(3)13)9-4-5-10(12(14)15)7(2)11-9/h4-6,8,13H,1-3H3. The predicted octanol–water partition coefficient (Wildman–Crippen LogP) is 1.78. The fraction of sp³-hybridized carbons (Fsp3) is 0.500. The molecule has 82 valence electrons. The SMILES string of the molecule is Cc1nc(C(C)C(C)O)ccc1[N+](=O)[O-]. The van der Waals surface area contributed by atoms with Crippen LogP contribution in [0.15, 0.2) is 12.1 Å². The van der Waals surface area contributed by atoms with Crippen LogP contribution in [0, 0.1) is 17.0 Å². The van der Waals surface area contributed by atoms with Gasteiger partial charge in [0.1, 0.15) is 5.69 Å². The van der Waals surface area contributed by atoms with Gasteiger partial charge in [-0.15, -0.1) is 0 Å². The quantitative estimate of drug-likeness (QED) is 0.609. The fourth-order valence-electron chi connectivity index (χ4n) is 1.27. The molecule has 0 aromatic carbocycles. The number of hydrogen-bond acceptors (Lipinski definition) is 4. The lowest BCUT2D eigenvalue weighted by molar-refractivity contribution is -0.385. The Morgan fingerprint density at radius 3 is 2.47 bits per heavy atom. The van der Waals surface area contributed by atoms with Crippen molar-refractivity contribution >= 4 is 5.69 Å². The number of hydrogen-bond donors (Lipinski definition) is 1. The fourth-order valence-corrected chi connectivity index (χ4v) is 1.27. The molecule has 0 bridgehead atoms. The molecule has 2 unspecified atom stereocenters. The van der Waals surface area contributed by atoms with Gasteiger partial charge in [0.25, 0.3) is 5.69 Å². The molecule has 0 amide bonds. The number of aliphatic hydroxyl groups excluding tert-OH is 1. The Bertz CT molecular complexity index is 377. The van der Waals surface area contributed by atoms with Gasteiger partial charge < -0.3 is 5.11 Å². The van der Waals surface area contributed by atoms with E-state index in [1.165, 1.54) is 6.07 Å². The molecule has 0 fully saturated rings. The van der Waals surface area contributed by atoms with Gasteiger partial charge in [-0.1, -0.05) is 6.92 Å². The van der Waals surface area contributed by atoms with Gasteiger partial charge >= 0.3 is 0 Å². The topological polar surface area (TPSA) is 76.3 Å². The number of aliphatic hydroxyl groups is 1. The molecule has 0 aliphatic heterocycles. The Balaban J connectivity index is 3.06. The zero-order valence-electron chi connectivity index (χ0n) is 8.97. The first-order valence-electron chi connectivity index (χ1n) is 4.73. The summed E-state index contributed by atoms with van der Waals surface area (Å²) in [7, 11) is 0. The Hall–Kier alpha value is -1.49. The van der Waals surface area contributed by atoms with Gasteiger partial charge in [-0.2, -0.15) is 0 Å². The Labute approximate surface area is 87.9 Å². The molecule has 5 nitrogen and oxygen atoms in total. The number of nitro groups is 1. The van der Waals surface area contributed by atoms with Crippen molar-refractivity contribution in [1.29, 1.82) is 0 Å². The van der Waals surface area contributed by atoms with E-state index in [4.69, 9.17) is 0 Å². The van der Waals surface area contributed by atoms with Crippen LogP contribution in [0.1, 0.15) is 31.2 Å². The van der Waals surface area contributed by atoms with Crippen LogP contribution < -0.4 is 0 Å². The molecule has 1 rings (SSSR count). The smallest absolute Gasteiger partial charge is 0.290 e. The van der Waals surface area contributed by atoms with Gasteiger partial charge in [0.15, 0.2) is 0 Å². The number of rotatable bonds is 3. The molecule has 0 aliphatic carbocycles. The van der Waals surface area contributed by atoms with E-state index in [-0.39, 0.29) is 11.6 Å². The number of aromatic nitrogens is 1. The molecule has 1 N–H and O–H groups in total. The van der Waals surface area contributed by atoms with E-state index >= 15 is 0 Å². The lowest BCUT2D eigenvalue weighted by Crippen LogP contribution is -2.13. The average molecular weight is 210 g/mol. The Morgan fingerprint density at radius 1 is 1.47 bits per heavy atom. The van der Waals surface area contributed by atoms with E-state index in [9.17, 15) is 15.2 Å². The second-order valence-electron chi connectivity index (χ2n) is 3.63. The maximum absolute atomic E-state index is 10.6. The highest BCUT2D eigenvalue weighted by Crippen LogP contribution is 2.22. The molecule has 0 radical (unpaired) electrons. The largest absolute Gasteiger partial charge is 0.393 e. The van der Waals surface area contributed by atoms with Crippen molar-refractivity contribution in [2.45, 2.75) is 32.8 Å². The van der Waals surface area contributed by atoms with Crippen molar-refractivity contribution in [3.63, 3.8) is 0 Å². The van der Waals surface area contributed by atoms with Crippen LogP contribution in [0.4, 0.5) is 5.69 Å². The molecule has 5 heteroatoms. The van der Waals surface area contributed by atoms with Crippen LogP contribution >= 0.6 is 0 Å².